The summed E-state index contributed by atoms with van der Waals surface area (Å²) >= 11 is 0. The summed E-state index contributed by atoms with van der Waals surface area (Å²) in [7, 11) is -2.54. The minimum atomic E-state index is -2.54. The summed E-state index contributed by atoms with van der Waals surface area (Å²) in [5.74, 6) is 6.13. The van der Waals surface area contributed by atoms with Crippen LogP contribution in [0.4, 0.5) is 0 Å². The molecule has 0 aliphatic carbocycles. The first kappa shape index (κ1) is 26.4. The van der Waals surface area contributed by atoms with Gasteiger partial charge in [0, 0.05) is 43.2 Å². The van der Waals surface area contributed by atoms with Crippen molar-refractivity contribution >= 4 is 10.6 Å². The number of ether oxygens (including phenoxy) is 1. The lowest BCUT2D eigenvalue weighted by Gasteiger charge is -2.50. The van der Waals surface area contributed by atoms with Gasteiger partial charge in [0.1, 0.15) is 0 Å². The van der Waals surface area contributed by atoms with Crippen molar-refractivity contribution in [3.8, 4) is 17.6 Å². The number of hydrogen-bond acceptors (Lipinski definition) is 8. The second kappa shape index (κ2) is 11.7. The molecule has 5 rings (SSSR count). The zero-order chi connectivity index (χ0) is 26.5. The van der Waals surface area contributed by atoms with E-state index in [0.717, 1.165) is 49.5 Å². The summed E-state index contributed by atoms with van der Waals surface area (Å²) in [4.78, 5) is 22.8. The fourth-order valence-electron chi connectivity index (χ4n) is 4.78. The topological polar surface area (TPSA) is 122 Å². The van der Waals surface area contributed by atoms with E-state index in [1.165, 1.54) is 11.9 Å². The van der Waals surface area contributed by atoms with Crippen molar-refractivity contribution in [3.05, 3.63) is 93.2 Å². The molecule has 2 aliphatic rings. The van der Waals surface area contributed by atoms with Gasteiger partial charge in [0.15, 0.2) is 0 Å². The number of nitrogens with zero attached hydrogens (tertiary/aromatic N) is 3. The molecule has 1 aromatic heterocycles. The third kappa shape index (κ3) is 6.82. The van der Waals surface area contributed by atoms with Gasteiger partial charge in [0.25, 0.3) is 5.56 Å². The molecule has 1 unspecified atom stereocenters. The molecule has 0 spiro atoms. The molecule has 9 nitrogen and oxygen atoms in total. The Labute approximate surface area is 223 Å². The van der Waals surface area contributed by atoms with Crippen LogP contribution in [0.1, 0.15) is 33.9 Å². The van der Waals surface area contributed by atoms with Gasteiger partial charge in [-0.15, -0.1) is 0 Å². The second-order valence-electron chi connectivity index (χ2n) is 9.81. The van der Waals surface area contributed by atoms with E-state index in [9.17, 15) is 19.0 Å². The van der Waals surface area contributed by atoms with Crippen LogP contribution < -0.4 is 5.56 Å². The molecule has 2 aromatic carbocycles. The molecule has 2 aliphatic heterocycles. The Hall–Kier alpha value is -3.17. The summed E-state index contributed by atoms with van der Waals surface area (Å²) in [5, 5.41) is 10.3. The number of aromatic amines is 1. The molecule has 0 bridgehead atoms. The van der Waals surface area contributed by atoms with E-state index in [4.69, 9.17) is 4.74 Å². The van der Waals surface area contributed by atoms with Crippen LogP contribution >= 0.6 is 10.6 Å². The average Bonchev–Trinajstić information content (AvgIpc) is 2.90. The van der Waals surface area contributed by atoms with E-state index in [1.807, 2.05) is 41.3 Å². The molecule has 3 heterocycles. The highest BCUT2D eigenvalue weighted by Gasteiger charge is 2.34. The fraction of sp³-hybridized carbons (Fsp3) is 0.357. The molecule has 2 fully saturated rings. The molecule has 38 heavy (non-hydrogen) atoms. The predicted octanol–water partition coefficient (Wildman–Crippen LogP) is 3.02. The number of hydrogen-bond donors (Lipinski definition) is 4. The molecule has 4 N–H and O–H groups in total. The van der Waals surface area contributed by atoms with E-state index in [0.29, 0.717) is 18.7 Å². The largest absolute Gasteiger partial charge is 0.502 e. The van der Waals surface area contributed by atoms with Gasteiger partial charge in [0.05, 0.1) is 37.0 Å². The molecule has 0 amide bonds. The first-order chi connectivity index (χ1) is 18.3. The number of rotatable bonds is 7. The highest BCUT2D eigenvalue weighted by molar-refractivity contribution is 8.25. The first-order valence-corrected chi connectivity index (χ1v) is 14.5. The predicted molar refractivity (Wildman–Crippen MR) is 147 cm³/mol. The zero-order valence-corrected chi connectivity index (χ0v) is 21.9. The summed E-state index contributed by atoms with van der Waals surface area (Å²) in [5.41, 5.74) is 3.82. The Morgan fingerprint density at radius 1 is 0.947 bits per heavy atom. The van der Waals surface area contributed by atoms with Gasteiger partial charge in [0.2, 0.25) is 5.75 Å². The Kier molecular flexibility index (Phi) is 8.14. The van der Waals surface area contributed by atoms with Gasteiger partial charge >= 0.3 is 0 Å². The van der Waals surface area contributed by atoms with Crippen LogP contribution in [-0.4, -0.2) is 78.6 Å². The summed E-state index contributed by atoms with van der Waals surface area (Å²) in [6.45, 7) is 4.88. The van der Waals surface area contributed by atoms with Crippen LogP contribution in [0.2, 0.25) is 0 Å². The minimum Gasteiger partial charge on any atom is -0.502 e. The van der Waals surface area contributed by atoms with Crippen molar-refractivity contribution in [2.45, 2.75) is 18.9 Å². The third-order valence-corrected chi connectivity index (χ3v) is 8.31. The number of nitrogens with one attached hydrogen (secondary N) is 1. The van der Waals surface area contributed by atoms with Gasteiger partial charge < -0.3 is 14.8 Å². The standard InChI is InChI=1S/C28H32N4O5S/c33-27-26(29-18-30-28(27)34)25(17-32-19-38(35,36)20-32)15-23-7-3-21(4-8-23)1-2-22-5-9-24(10-6-22)16-31-11-13-37-14-12-31/h3-10,18,25,33,35-36H,11-17,19-20H2,(H,29,30,34). The summed E-state index contributed by atoms with van der Waals surface area (Å²) < 4.78 is 24.9. The van der Waals surface area contributed by atoms with Crippen LogP contribution in [-0.2, 0) is 17.7 Å². The van der Waals surface area contributed by atoms with Crippen molar-refractivity contribution in [2.24, 2.45) is 0 Å². The van der Waals surface area contributed by atoms with Crippen LogP contribution in [0.25, 0.3) is 0 Å². The molecule has 2 saturated heterocycles. The van der Waals surface area contributed by atoms with Gasteiger partial charge in [-0.05, 0) is 41.8 Å². The van der Waals surface area contributed by atoms with Gasteiger partial charge in [-0.2, -0.15) is 10.6 Å². The maximum Gasteiger partial charge on any atom is 0.293 e. The lowest BCUT2D eigenvalue weighted by Crippen LogP contribution is -2.45. The van der Waals surface area contributed by atoms with E-state index in [2.05, 4.69) is 38.8 Å². The monoisotopic (exact) mass is 536 g/mol. The van der Waals surface area contributed by atoms with E-state index in [-0.39, 0.29) is 17.7 Å². The van der Waals surface area contributed by atoms with E-state index in [1.54, 1.807) is 0 Å². The quantitative estimate of drug-likeness (QED) is 0.340. The van der Waals surface area contributed by atoms with Crippen LogP contribution in [0.3, 0.4) is 0 Å². The molecule has 0 radical (unpaired) electrons. The maximum atomic E-state index is 12.0. The highest BCUT2D eigenvalue weighted by atomic mass is 32.3. The van der Waals surface area contributed by atoms with Crippen LogP contribution in [0.15, 0.2) is 59.7 Å². The number of morpholine rings is 1. The van der Waals surface area contributed by atoms with E-state index < -0.39 is 21.9 Å². The molecule has 3 aromatic rings. The highest BCUT2D eigenvalue weighted by Crippen LogP contribution is 2.49. The fourth-order valence-corrected chi connectivity index (χ4v) is 6.09. The molecular weight excluding hydrogens is 504 g/mol. The Balaban J connectivity index is 1.23. The molecule has 1 atom stereocenters. The number of benzene rings is 2. The van der Waals surface area contributed by atoms with E-state index >= 15 is 0 Å². The Bertz CT molecular complexity index is 1350. The van der Waals surface area contributed by atoms with Gasteiger partial charge in [-0.1, -0.05) is 36.1 Å². The molecule has 200 valence electrons. The van der Waals surface area contributed by atoms with Crippen molar-refractivity contribution < 1.29 is 18.9 Å². The lowest BCUT2D eigenvalue weighted by atomic mass is 9.94. The summed E-state index contributed by atoms with van der Waals surface area (Å²) in [6.07, 6.45) is 1.81. The number of aromatic hydroxyl groups is 1. The lowest BCUT2D eigenvalue weighted by molar-refractivity contribution is 0.0342. The van der Waals surface area contributed by atoms with Crippen molar-refractivity contribution in [3.63, 3.8) is 0 Å². The van der Waals surface area contributed by atoms with Crippen molar-refractivity contribution in [1.29, 1.82) is 0 Å². The Morgan fingerprint density at radius 3 is 2.16 bits per heavy atom. The smallest absolute Gasteiger partial charge is 0.293 e. The van der Waals surface area contributed by atoms with Crippen LogP contribution in [0, 0.1) is 11.8 Å². The molecule has 10 heteroatoms. The number of H-pyrrole nitrogens is 1. The third-order valence-electron chi connectivity index (χ3n) is 6.75. The Morgan fingerprint density at radius 2 is 1.55 bits per heavy atom. The number of aromatic nitrogens is 2. The first-order valence-electron chi connectivity index (χ1n) is 12.6. The zero-order valence-electron chi connectivity index (χ0n) is 21.0. The van der Waals surface area contributed by atoms with Gasteiger partial charge in [-0.25, -0.2) is 4.98 Å². The van der Waals surface area contributed by atoms with Crippen molar-refractivity contribution in [1.82, 2.24) is 19.8 Å². The van der Waals surface area contributed by atoms with Gasteiger partial charge in [-0.3, -0.25) is 23.7 Å². The summed E-state index contributed by atoms with van der Waals surface area (Å²) in [6, 6.07) is 16.2. The average molecular weight is 537 g/mol. The van der Waals surface area contributed by atoms with Crippen LogP contribution in [0.5, 0.6) is 5.75 Å². The minimum absolute atomic E-state index is 0.191. The molecular formula is C28H32N4O5S. The normalized spacial score (nSPS) is 19.1. The molecule has 0 saturated carbocycles. The SMILES string of the molecule is O=c1[nH]cnc(C(Cc2ccc(C#Cc3ccc(CN4CCOCC4)cc3)cc2)CN2CS(O)(O)C2)c1O. The van der Waals surface area contributed by atoms with Crippen molar-refractivity contribution in [2.75, 3.05) is 44.6 Å². The second-order valence-corrected chi connectivity index (χ2v) is 11.9. The maximum absolute atomic E-state index is 12.0.